The lowest BCUT2D eigenvalue weighted by Crippen LogP contribution is -2.47. The highest BCUT2D eigenvalue weighted by Crippen LogP contribution is 2.29. The Bertz CT molecular complexity index is 762. The predicted octanol–water partition coefficient (Wildman–Crippen LogP) is 3.48. The highest BCUT2D eigenvalue weighted by molar-refractivity contribution is 7.98. The number of nitrogens with zero attached hydrogens (tertiary/aromatic N) is 1. The van der Waals surface area contributed by atoms with E-state index in [2.05, 4.69) is 0 Å². The van der Waals surface area contributed by atoms with E-state index in [0.29, 0.717) is 17.3 Å². The second kappa shape index (κ2) is 12.6. The van der Waals surface area contributed by atoms with Crippen molar-refractivity contribution >= 4 is 29.4 Å². The first-order valence-corrected chi connectivity index (χ1v) is 11.9. The molecule has 0 N–H and O–H groups in total. The number of hydrogen-bond acceptors (Lipinski definition) is 7. The minimum atomic E-state index is -0.793. The quantitative estimate of drug-likeness (QED) is 0.376. The van der Waals surface area contributed by atoms with Crippen molar-refractivity contribution < 1.29 is 28.6 Å². The Balaban J connectivity index is 2.30. The number of carbonyl (C=O) groups excluding carboxylic acids is 3. The van der Waals surface area contributed by atoms with Gasteiger partial charge >= 0.3 is 5.97 Å². The van der Waals surface area contributed by atoms with Crippen molar-refractivity contribution in [1.29, 1.82) is 0 Å². The Morgan fingerprint density at radius 3 is 2.39 bits per heavy atom. The van der Waals surface area contributed by atoms with Crippen LogP contribution in [-0.2, 0) is 25.7 Å². The minimum absolute atomic E-state index is 0.0378. The number of ketones is 1. The summed E-state index contributed by atoms with van der Waals surface area (Å²) in [6, 6.07) is 4.51. The summed E-state index contributed by atoms with van der Waals surface area (Å²) in [4.78, 5) is 40.0. The number of esters is 1. The van der Waals surface area contributed by atoms with Crippen LogP contribution in [0.2, 0.25) is 0 Å². The van der Waals surface area contributed by atoms with E-state index in [1.165, 1.54) is 30.9 Å². The van der Waals surface area contributed by atoms with Crippen LogP contribution in [0.5, 0.6) is 11.5 Å². The van der Waals surface area contributed by atoms with Crippen molar-refractivity contribution in [3.63, 3.8) is 0 Å². The molecule has 1 atom stereocenters. The standard InChI is InChI=1S/C23H33NO6S/c1-28-18-11-10-17(21(12-18)29-2)14-24(19(15-31-4)23(27)30-3)22(26)13-20(25)16-8-6-5-7-9-16/h10-12,16,19H,5-9,13-15H2,1-4H3/t19-/m0/s1. The van der Waals surface area contributed by atoms with Gasteiger partial charge in [0, 0.05) is 23.3 Å². The molecule has 0 heterocycles. The van der Waals surface area contributed by atoms with Crippen molar-refractivity contribution in [3.8, 4) is 11.5 Å². The van der Waals surface area contributed by atoms with Gasteiger partial charge in [0.05, 0.1) is 34.3 Å². The van der Waals surface area contributed by atoms with Crippen LogP contribution in [0, 0.1) is 5.92 Å². The van der Waals surface area contributed by atoms with Crippen LogP contribution in [0.3, 0.4) is 0 Å². The van der Waals surface area contributed by atoms with E-state index in [9.17, 15) is 14.4 Å². The zero-order chi connectivity index (χ0) is 22.8. The molecule has 1 aliphatic carbocycles. The molecular formula is C23H33NO6S. The van der Waals surface area contributed by atoms with Gasteiger partial charge < -0.3 is 19.1 Å². The van der Waals surface area contributed by atoms with E-state index in [1.807, 2.05) is 6.26 Å². The average Bonchev–Trinajstić information content (AvgIpc) is 2.81. The molecule has 1 amide bonds. The molecule has 2 rings (SSSR count). The molecule has 0 saturated heterocycles. The van der Waals surface area contributed by atoms with Gasteiger partial charge in [0.15, 0.2) is 0 Å². The van der Waals surface area contributed by atoms with Crippen molar-refractivity contribution in [2.45, 2.75) is 51.1 Å². The molecule has 31 heavy (non-hydrogen) atoms. The average molecular weight is 452 g/mol. The maximum atomic E-state index is 13.3. The summed E-state index contributed by atoms with van der Waals surface area (Å²) < 4.78 is 15.7. The van der Waals surface area contributed by atoms with E-state index in [4.69, 9.17) is 14.2 Å². The number of amides is 1. The fourth-order valence-corrected chi connectivity index (χ4v) is 4.57. The molecule has 1 saturated carbocycles. The smallest absolute Gasteiger partial charge is 0.329 e. The van der Waals surface area contributed by atoms with Crippen molar-refractivity contribution in [1.82, 2.24) is 4.90 Å². The summed E-state index contributed by atoms with van der Waals surface area (Å²) in [6.07, 6.45) is 6.51. The van der Waals surface area contributed by atoms with Gasteiger partial charge in [-0.25, -0.2) is 4.79 Å². The second-order valence-electron chi connectivity index (χ2n) is 7.67. The fourth-order valence-electron chi connectivity index (χ4n) is 3.94. The van der Waals surface area contributed by atoms with E-state index in [-0.39, 0.29) is 30.6 Å². The summed E-state index contributed by atoms with van der Waals surface area (Å²) in [5.41, 5.74) is 0.719. The minimum Gasteiger partial charge on any atom is -0.497 e. The number of thioether (sulfide) groups is 1. The summed E-state index contributed by atoms with van der Waals surface area (Å²) in [5.74, 6) is 0.576. The van der Waals surface area contributed by atoms with E-state index in [0.717, 1.165) is 37.7 Å². The predicted molar refractivity (Wildman–Crippen MR) is 120 cm³/mol. The van der Waals surface area contributed by atoms with Crippen LogP contribution < -0.4 is 9.47 Å². The van der Waals surface area contributed by atoms with Gasteiger partial charge in [0.1, 0.15) is 23.3 Å². The van der Waals surface area contributed by atoms with Gasteiger partial charge in [-0.1, -0.05) is 19.3 Å². The third-order valence-corrected chi connectivity index (χ3v) is 6.36. The molecule has 0 aliphatic heterocycles. The van der Waals surface area contributed by atoms with Gasteiger partial charge in [-0.05, 0) is 31.2 Å². The third kappa shape index (κ3) is 6.89. The molecule has 1 aromatic carbocycles. The first kappa shape index (κ1) is 25.0. The monoisotopic (exact) mass is 451 g/mol. The number of methoxy groups -OCH3 is 3. The normalized spacial score (nSPS) is 15.1. The summed E-state index contributed by atoms with van der Waals surface area (Å²) in [5, 5.41) is 0. The van der Waals surface area contributed by atoms with Crippen LogP contribution in [0.4, 0.5) is 0 Å². The molecule has 8 heteroatoms. The van der Waals surface area contributed by atoms with Crippen LogP contribution in [0.1, 0.15) is 44.1 Å². The number of hydrogen-bond donors (Lipinski definition) is 0. The van der Waals surface area contributed by atoms with E-state index in [1.54, 1.807) is 25.3 Å². The Kier molecular flexibility index (Phi) is 10.2. The largest absolute Gasteiger partial charge is 0.497 e. The molecule has 1 fully saturated rings. The molecular weight excluding hydrogens is 418 g/mol. The lowest BCUT2D eigenvalue weighted by Gasteiger charge is -2.31. The van der Waals surface area contributed by atoms with Gasteiger partial charge in [-0.3, -0.25) is 9.59 Å². The number of rotatable bonds is 11. The third-order valence-electron chi connectivity index (χ3n) is 5.72. The second-order valence-corrected chi connectivity index (χ2v) is 8.58. The summed E-state index contributed by atoms with van der Waals surface area (Å²) >= 11 is 1.44. The van der Waals surface area contributed by atoms with Crippen LogP contribution in [0.25, 0.3) is 0 Å². The van der Waals surface area contributed by atoms with Gasteiger partial charge in [-0.15, -0.1) is 0 Å². The summed E-state index contributed by atoms with van der Waals surface area (Å²) in [6.45, 7) is 0.129. The topological polar surface area (TPSA) is 82.1 Å². The maximum Gasteiger partial charge on any atom is 0.329 e. The molecule has 0 unspecified atom stereocenters. The molecule has 172 valence electrons. The number of benzene rings is 1. The first-order chi connectivity index (χ1) is 14.9. The van der Waals surface area contributed by atoms with Crippen LogP contribution in [-0.4, -0.2) is 61.9 Å². The fraction of sp³-hybridized carbons (Fsp3) is 0.609. The zero-order valence-corrected chi connectivity index (χ0v) is 19.7. The lowest BCUT2D eigenvalue weighted by molar-refractivity contribution is -0.153. The van der Waals surface area contributed by atoms with Gasteiger partial charge in [0.2, 0.25) is 5.91 Å². The van der Waals surface area contributed by atoms with Crippen molar-refractivity contribution in [2.24, 2.45) is 5.92 Å². The van der Waals surface area contributed by atoms with Gasteiger partial charge in [-0.2, -0.15) is 11.8 Å². The Hall–Kier alpha value is -2.22. The number of Topliss-reactive ketones (excluding diaryl/α,β-unsaturated/α-hetero) is 1. The molecule has 1 aliphatic rings. The highest BCUT2D eigenvalue weighted by atomic mass is 32.2. The Labute approximate surface area is 188 Å². The van der Waals surface area contributed by atoms with Crippen molar-refractivity contribution in [3.05, 3.63) is 23.8 Å². The van der Waals surface area contributed by atoms with Crippen LogP contribution in [0.15, 0.2) is 18.2 Å². The van der Waals surface area contributed by atoms with Gasteiger partial charge in [0.25, 0.3) is 0 Å². The van der Waals surface area contributed by atoms with E-state index >= 15 is 0 Å². The maximum absolute atomic E-state index is 13.3. The molecule has 1 aromatic rings. The Morgan fingerprint density at radius 2 is 1.81 bits per heavy atom. The lowest BCUT2D eigenvalue weighted by atomic mass is 9.85. The van der Waals surface area contributed by atoms with Crippen LogP contribution >= 0.6 is 11.8 Å². The summed E-state index contributed by atoms with van der Waals surface area (Å²) in [7, 11) is 4.41. The molecule has 0 spiro atoms. The number of carbonyl (C=O) groups is 3. The highest BCUT2D eigenvalue weighted by Gasteiger charge is 2.33. The molecule has 0 bridgehead atoms. The number of ether oxygens (including phenoxy) is 3. The molecule has 0 radical (unpaired) electrons. The SMILES string of the molecule is COC(=O)[C@H](CSC)N(Cc1ccc(OC)cc1OC)C(=O)CC(=O)C1CCCCC1. The molecule has 7 nitrogen and oxygen atoms in total. The van der Waals surface area contributed by atoms with E-state index < -0.39 is 12.0 Å². The Morgan fingerprint density at radius 1 is 1.10 bits per heavy atom. The zero-order valence-electron chi connectivity index (χ0n) is 18.8. The first-order valence-electron chi connectivity index (χ1n) is 10.5. The van der Waals surface area contributed by atoms with Crippen molar-refractivity contribution in [2.75, 3.05) is 33.3 Å². The molecule has 0 aromatic heterocycles.